The number of hydrogen-bond donors (Lipinski definition) is 2. The normalized spacial score (nSPS) is 12.7. The van der Waals surface area contributed by atoms with E-state index in [1.807, 2.05) is 25.4 Å². The van der Waals surface area contributed by atoms with Crippen LogP contribution in [0.2, 0.25) is 0 Å². The number of nitrogens with zero attached hydrogens (tertiary/aromatic N) is 1. The van der Waals surface area contributed by atoms with Crippen molar-refractivity contribution in [1.29, 1.82) is 0 Å². The summed E-state index contributed by atoms with van der Waals surface area (Å²) in [5.74, 6) is -0.275. The molecule has 0 fully saturated rings. The van der Waals surface area contributed by atoms with E-state index in [2.05, 4.69) is 14.6 Å². The quantitative estimate of drug-likeness (QED) is 0.674. The molecule has 0 spiro atoms. The Morgan fingerprint density at radius 3 is 3.00 bits per heavy atom. The fourth-order valence-corrected chi connectivity index (χ4v) is 1.76. The molecule has 1 unspecified atom stereocenters. The Morgan fingerprint density at radius 1 is 1.61 bits per heavy atom. The predicted octanol–water partition coefficient (Wildman–Crippen LogP) is 0.803. The summed E-state index contributed by atoms with van der Waals surface area (Å²) >= 11 is 0. The molecule has 102 valence electrons. The van der Waals surface area contributed by atoms with Gasteiger partial charge in [0, 0.05) is 37.8 Å². The van der Waals surface area contributed by atoms with Gasteiger partial charge in [-0.15, -0.1) is 0 Å². The maximum atomic E-state index is 10.9. The molecule has 1 aromatic heterocycles. The molecular weight excluding hydrogens is 232 g/mol. The van der Waals surface area contributed by atoms with E-state index in [0.717, 1.165) is 13.0 Å². The van der Waals surface area contributed by atoms with E-state index >= 15 is 0 Å². The van der Waals surface area contributed by atoms with Crippen molar-refractivity contribution in [3.05, 3.63) is 24.0 Å². The Hall–Kier alpha value is -1.33. The summed E-state index contributed by atoms with van der Waals surface area (Å²) < 4.78 is 4.53. The van der Waals surface area contributed by atoms with Crippen LogP contribution in [0.3, 0.4) is 0 Å². The highest BCUT2D eigenvalue weighted by Crippen LogP contribution is 2.02. The van der Waals surface area contributed by atoms with Crippen LogP contribution in [0.5, 0.6) is 0 Å². The van der Waals surface area contributed by atoms with Gasteiger partial charge >= 0.3 is 5.97 Å². The van der Waals surface area contributed by atoms with Gasteiger partial charge in [0.2, 0.25) is 0 Å². The molecule has 0 radical (unpaired) electrons. The lowest BCUT2D eigenvalue weighted by Crippen LogP contribution is -2.31. The zero-order valence-electron chi connectivity index (χ0n) is 11.1. The largest absolute Gasteiger partial charge is 0.469 e. The summed E-state index contributed by atoms with van der Waals surface area (Å²) in [5, 5.41) is 9.76. The van der Waals surface area contributed by atoms with Crippen molar-refractivity contribution in [1.82, 2.24) is 9.88 Å². The number of aromatic amines is 1. The van der Waals surface area contributed by atoms with Crippen LogP contribution in [0.1, 0.15) is 18.5 Å². The first-order chi connectivity index (χ1) is 8.61. The fourth-order valence-electron chi connectivity index (χ4n) is 1.76. The van der Waals surface area contributed by atoms with Crippen LogP contribution >= 0.6 is 0 Å². The van der Waals surface area contributed by atoms with Crippen molar-refractivity contribution in [2.45, 2.75) is 25.4 Å². The van der Waals surface area contributed by atoms with Gasteiger partial charge in [-0.2, -0.15) is 0 Å². The Bertz CT molecular complexity index is 338. The summed E-state index contributed by atoms with van der Waals surface area (Å²) in [4.78, 5) is 16.1. The summed E-state index contributed by atoms with van der Waals surface area (Å²) in [6, 6.07) is 4.02. The minimum Gasteiger partial charge on any atom is -0.469 e. The van der Waals surface area contributed by atoms with Gasteiger partial charge in [0.15, 0.2) is 0 Å². The monoisotopic (exact) mass is 254 g/mol. The third-order valence-corrected chi connectivity index (χ3v) is 2.86. The maximum absolute atomic E-state index is 10.9. The number of carbonyl (C=O) groups is 1. The zero-order valence-corrected chi connectivity index (χ0v) is 11.1. The first-order valence-corrected chi connectivity index (χ1v) is 6.17. The topological polar surface area (TPSA) is 65.6 Å². The fraction of sp³-hybridized carbons (Fsp3) is 0.615. The number of rotatable bonds is 8. The van der Waals surface area contributed by atoms with E-state index in [4.69, 9.17) is 0 Å². The minimum absolute atomic E-state index is 0.266. The van der Waals surface area contributed by atoms with Crippen LogP contribution in [-0.4, -0.2) is 54.3 Å². The molecule has 1 aromatic rings. The average Bonchev–Trinajstić information content (AvgIpc) is 2.86. The smallest absolute Gasteiger partial charge is 0.305 e. The Kier molecular flexibility index (Phi) is 6.46. The number of nitrogens with one attached hydrogen (secondary N) is 1. The molecule has 0 aliphatic carbocycles. The van der Waals surface area contributed by atoms with Crippen molar-refractivity contribution in [3.8, 4) is 0 Å². The van der Waals surface area contributed by atoms with E-state index in [0.29, 0.717) is 13.0 Å². The summed E-state index contributed by atoms with van der Waals surface area (Å²) in [6.07, 6.45) is 3.05. The molecular formula is C13H22N2O3. The third kappa shape index (κ3) is 5.84. The highest BCUT2D eigenvalue weighted by molar-refractivity contribution is 5.69. The second-order valence-corrected chi connectivity index (χ2v) is 4.48. The number of H-pyrrole nitrogens is 1. The molecule has 0 aliphatic heterocycles. The second kappa shape index (κ2) is 7.89. The van der Waals surface area contributed by atoms with Gasteiger partial charge in [-0.25, -0.2) is 0 Å². The molecule has 0 saturated carbocycles. The van der Waals surface area contributed by atoms with E-state index < -0.39 is 6.10 Å². The average molecular weight is 254 g/mol. The number of aromatic nitrogens is 1. The van der Waals surface area contributed by atoms with Crippen molar-refractivity contribution in [2.75, 3.05) is 27.2 Å². The number of methoxy groups -OCH3 is 1. The highest BCUT2D eigenvalue weighted by Gasteiger charge is 2.11. The molecule has 0 aliphatic rings. The molecule has 5 nitrogen and oxygen atoms in total. The lowest BCUT2D eigenvalue weighted by molar-refractivity contribution is -0.141. The van der Waals surface area contributed by atoms with E-state index in [1.54, 1.807) is 0 Å². The molecule has 18 heavy (non-hydrogen) atoms. The van der Waals surface area contributed by atoms with Crippen molar-refractivity contribution >= 4 is 5.97 Å². The van der Waals surface area contributed by atoms with E-state index in [-0.39, 0.29) is 12.4 Å². The lowest BCUT2D eigenvalue weighted by atomic mass is 10.2. The second-order valence-electron chi connectivity index (χ2n) is 4.48. The number of likely N-dealkylation sites (N-methyl/N-ethyl adjacent to an activating group) is 1. The van der Waals surface area contributed by atoms with Crippen LogP contribution < -0.4 is 0 Å². The van der Waals surface area contributed by atoms with Crippen LogP contribution in [-0.2, 0) is 16.0 Å². The Balaban J connectivity index is 2.14. The molecule has 0 bridgehead atoms. The van der Waals surface area contributed by atoms with Crippen LogP contribution in [0, 0.1) is 0 Å². The van der Waals surface area contributed by atoms with Crippen LogP contribution in [0.4, 0.5) is 0 Å². The van der Waals surface area contributed by atoms with Gasteiger partial charge in [-0.3, -0.25) is 4.79 Å². The molecule has 5 heteroatoms. The van der Waals surface area contributed by atoms with Crippen molar-refractivity contribution < 1.29 is 14.6 Å². The lowest BCUT2D eigenvalue weighted by Gasteiger charge is -2.19. The number of ether oxygens (including phenoxy) is 1. The van der Waals surface area contributed by atoms with Gasteiger partial charge in [-0.05, 0) is 25.6 Å². The molecule has 1 atom stereocenters. The summed E-state index contributed by atoms with van der Waals surface area (Å²) in [5.41, 5.74) is 1.19. The highest BCUT2D eigenvalue weighted by atomic mass is 16.5. The summed E-state index contributed by atoms with van der Waals surface area (Å²) in [6.45, 7) is 1.44. The molecule has 1 rings (SSSR count). The van der Waals surface area contributed by atoms with Crippen LogP contribution in [0.15, 0.2) is 18.3 Å². The number of aliphatic hydroxyl groups is 1. The standard InChI is InChI=1S/C13H22N2O3/c1-15(9-7-11-4-3-8-14-11)10-12(16)5-6-13(17)18-2/h3-4,8,12,14,16H,5-7,9-10H2,1-2H3. The van der Waals surface area contributed by atoms with E-state index in [1.165, 1.54) is 12.8 Å². The van der Waals surface area contributed by atoms with Gasteiger partial charge in [0.1, 0.15) is 0 Å². The Labute approximate surface area is 108 Å². The van der Waals surface area contributed by atoms with Gasteiger partial charge in [0.05, 0.1) is 13.2 Å². The number of carbonyl (C=O) groups excluding carboxylic acids is 1. The molecule has 0 saturated heterocycles. The Morgan fingerprint density at radius 2 is 2.39 bits per heavy atom. The first-order valence-electron chi connectivity index (χ1n) is 6.17. The number of esters is 1. The molecule has 0 aromatic carbocycles. The number of hydrogen-bond acceptors (Lipinski definition) is 4. The predicted molar refractivity (Wildman–Crippen MR) is 69.3 cm³/mol. The van der Waals surface area contributed by atoms with Crippen molar-refractivity contribution in [3.63, 3.8) is 0 Å². The SMILES string of the molecule is COC(=O)CCC(O)CN(C)CCc1ccc[nH]1. The van der Waals surface area contributed by atoms with Gasteiger partial charge in [-0.1, -0.05) is 0 Å². The summed E-state index contributed by atoms with van der Waals surface area (Å²) in [7, 11) is 3.32. The zero-order chi connectivity index (χ0) is 13.4. The van der Waals surface area contributed by atoms with Crippen molar-refractivity contribution in [2.24, 2.45) is 0 Å². The molecule has 1 heterocycles. The first kappa shape index (κ1) is 14.7. The van der Waals surface area contributed by atoms with Gasteiger partial charge < -0.3 is 19.7 Å². The van der Waals surface area contributed by atoms with Crippen LogP contribution in [0.25, 0.3) is 0 Å². The minimum atomic E-state index is -0.488. The van der Waals surface area contributed by atoms with E-state index in [9.17, 15) is 9.90 Å². The molecule has 2 N–H and O–H groups in total. The maximum Gasteiger partial charge on any atom is 0.305 e. The number of aliphatic hydroxyl groups excluding tert-OH is 1. The molecule has 0 amide bonds. The van der Waals surface area contributed by atoms with Gasteiger partial charge in [0.25, 0.3) is 0 Å². The third-order valence-electron chi connectivity index (χ3n) is 2.86.